The summed E-state index contributed by atoms with van der Waals surface area (Å²) in [6.45, 7) is 0.450. The molecule has 0 aliphatic heterocycles. The largest absolute Gasteiger partial charge is 0.348 e. The molecule has 0 aliphatic carbocycles. The van der Waals surface area contributed by atoms with Gasteiger partial charge in [0.1, 0.15) is 0 Å². The van der Waals surface area contributed by atoms with Crippen LogP contribution in [0.15, 0.2) is 85.2 Å². The zero-order valence-corrected chi connectivity index (χ0v) is 13.2. The van der Waals surface area contributed by atoms with Crippen LogP contribution in [0.1, 0.15) is 16.7 Å². The van der Waals surface area contributed by atoms with Gasteiger partial charge in [0.05, 0.1) is 0 Å². The Balaban J connectivity index is 1.84. The molecule has 1 N–H and O–H groups in total. The Labute approximate surface area is 141 Å². The molecule has 2 aromatic carbocycles. The summed E-state index contributed by atoms with van der Waals surface area (Å²) in [6.07, 6.45) is 5.38. The van der Waals surface area contributed by atoms with Gasteiger partial charge in [-0.2, -0.15) is 0 Å². The molecule has 1 heterocycles. The Morgan fingerprint density at radius 3 is 2.29 bits per heavy atom. The van der Waals surface area contributed by atoms with Gasteiger partial charge in [0, 0.05) is 24.5 Å². The van der Waals surface area contributed by atoms with Crippen molar-refractivity contribution in [2.45, 2.75) is 6.54 Å². The standard InChI is InChI=1S/C21H18N2O/c24-21(23-16-18-10-7-13-22-15-18)20(19-11-5-2-6-12-19)14-17-8-3-1-4-9-17/h1-15H,16H2,(H,23,24). The topological polar surface area (TPSA) is 42.0 Å². The molecule has 1 aromatic heterocycles. The minimum absolute atomic E-state index is 0.103. The number of carbonyl (C=O) groups excluding carboxylic acids is 1. The second kappa shape index (κ2) is 7.88. The first-order valence-electron chi connectivity index (χ1n) is 7.82. The molecule has 24 heavy (non-hydrogen) atoms. The van der Waals surface area contributed by atoms with Gasteiger partial charge in [0.25, 0.3) is 5.91 Å². The van der Waals surface area contributed by atoms with Gasteiger partial charge in [0.2, 0.25) is 0 Å². The van der Waals surface area contributed by atoms with E-state index < -0.39 is 0 Å². The van der Waals surface area contributed by atoms with E-state index in [1.807, 2.05) is 78.9 Å². The van der Waals surface area contributed by atoms with Crippen LogP contribution in [0.2, 0.25) is 0 Å². The van der Waals surface area contributed by atoms with Gasteiger partial charge in [-0.25, -0.2) is 0 Å². The lowest BCUT2D eigenvalue weighted by Gasteiger charge is -2.10. The Kier molecular flexibility index (Phi) is 5.15. The fourth-order valence-corrected chi connectivity index (χ4v) is 2.39. The fraction of sp³-hybridized carbons (Fsp3) is 0.0476. The van der Waals surface area contributed by atoms with Gasteiger partial charge >= 0.3 is 0 Å². The van der Waals surface area contributed by atoms with Crippen molar-refractivity contribution >= 4 is 17.6 Å². The molecule has 0 spiro atoms. The van der Waals surface area contributed by atoms with E-state index in [0.29, 0.717) is 12.1 Å². The van der Waals surface area contributed by atoms with Crippen molar-refractivity contribution in [2.75, 3.05) is 0 Å². The van der Waals surface area contributed by atoms with Crippen LogP contribution in [0, 0.1) is 0 Å². The van der Waals surface area contributed by atoms with Crippen LogP contribution >= 0.6 is 0 Å². The summed E-state index contributed by atoms with van der Waals surface area (Å²) >= 11 is 0. The number of rotatable bonds is 5. The van der Waals surface area contributed by atoms with E-state index >= 15 is 0 Å². The van der Waals surface area contributed by atoms with Crippen molar-refractivity contribution in [2.24, 2.45) is 0 Å². The van der Waals surface area contributed by atoms with Gasteiger partial charge in [0.15, 0.2) is 0 Å². The van der Waals surface area contributed by atoms with Crippen LogP contribution in [-0.2, 0) is 11.3 Å². The zero-order valence-electron chi connectivity index (χ0n) is 13.2. The number of amides is 1. The van der Waals surface area contributed by atoms with Gasteiger partial charge in [-0.1, -0.05) is 66.7 Å². The Morgan fingerprint density at radius 2 is 1.62 bits per heavy atom. The summed E-state index contributed by atoms with van der Waals surface area (Å²) in [5.41, 5.74) is 3.50. The van der Waals surface area contributed by atoms with Crippen molar-refractivity contribution in [1.29, 1.82) is 0 Å². The van der Waals surface area contributed by atoms with Crippen LogP contribution in [0.25, 0.3) is 11.6 Å². The van der Waals surface area contributed by atoms with Crippen molar-refractivity contribution < 1.29 is 4.79 Å². The van der Waals surface area contributed by atoms with Crippen molar-refractivity contribution in [3.63, 3.8) is 0 Å². The van der Waals surface area contributed by atoms with Crippen LogP contribution < -0.4 is 5.32 Å². The lowest BCUT2D eigenvalue weighted by Crippen LogP contribution is -2.23. The molecule has 0 bridgehead atoms. The van der Waals surface area contributed by atoms with Crippen LogP contribution in [0.3, 0.4) is 0 Å². The smallest absolute Gasteiger partial charge is 0.252 e. The Hall–Kier alpha value is -3.20. The third-order valence-electron chi connectivity index (χ3n) is 3.62. The summed E-state index contributed by atoms with van der Waals surface area (Å²) in [4.78, 5) is 16.8. The number of benzene rings is 2. The maximum atomic E-state index is 12.7. The molecule has 0 fully saturated rings. The molecule has 0 saturated heterocycles. The monoisotopic (exact) mass is 314 g/mol. The van der Waals surface area contributed by atoms with Gasteiger partial charge < -0.3 is 5.32 Å². The number of hydrogen-bond donors (Lipinski definition) is 1. The number of carbonyl (C=O) groups is 1. The Morgan fingerprint density at radius 1 is 0.917 bits per heavy atom. The first-order chi connectivity index (χ1) is 11.8. The SMILES string of the molecule is O=C(NCc1cccnc1)C(=Cc1ccccc1)c1ccccc1. The molecule has 0 unspecified atom stereocenters. The highest BCUT2D eigenvalue weighted by Crippen LogP contribution is 2.18. The fourth-order valence-electron chi connectivity index (χ4n) is 2.39. The predicted molar refractivity (Wildman–Crippen MR) is 96.8 cm³/mol. The van der Waals surface area contributed by atoms with E-state index in [1.165, 1.54) is 0 Å². The van der Waals surface area contributed by atoms with E-state index in [-0.39, 0.29) is 5.91 Å². The average Bonchev–Trinajstić information content (AvgIpc) is 2.66. The maximum absolute atomic E-state index is 12.7. The zero-order chi connectivity index (χ0) is 16.6. The number of nitrogens with one attached hydrogen (secondary N) is 1. The molecule has 0 saturated carbocycles. The quantitative estimate of drug-likeness (QED) is 0.572. The molecular weight excluding hydrogens is 296 g/mol. The second-order valence-electron chi connectivity index (χ2n) is 5.38. The minimum Gasteiger partial charge on any atom is -0.348 e. The number of pyridine rings is 1. The van der Waals surface area contributed by atoms with Crippen molar-refractivity contribution in [3.8, 4) is 0 Å². The summed E-state index contributed by atoms with van der Waals surface area (Å²) in [5, 5.41) is 2.97. The summed E-state index contributed by atoms with van der Waals surface area (Å²) in [7, 11) is 0. The summed E-state index contributed by atoms with van der Waals surface area (Å²) in [6, 6.07) is 23.3. The van der Waals surface area contributed by atoms with Crippen molar-refractivity contribution in [1.82, 2.24) is 10.3 Å². The van der Waals surface area contributed by atoms with Crippen LogP contribution in [0.5, 0.6) is 0 Å². The highest BCUT2D eigenvalue weighted by molar-refractivity contribution is 6.24. The predicted octanol–water partition coefficient (Wildman–Crippen LogP) is 3.94. The van der Waals surface area contributed by atoms with Gasteiger partial charge in [-0.3, -0.25) is 9.78 Å². The molecule has 0 atom stereocenters. The Bertz CT molecular complexity index is 812. The highest BCUT2D eigenvalue weighted by Gasteiger charge is 2.11. The molecule has 3 heteroatoms. The lowest BCUT2D eigenvalue weighted by atomic mass is 10.0. The normalized spacial score (nSPS) is 11.1. The minimum atomic E-state index is -0.103. The van der Waals surface area contributed by atoms with E-state index in [2.05, 4.69) is 10.3 Å². The summed E-state index contributed by atoms with van der Waals surface area (Å²) < 4.78 is 0. The summed E-state index contributed by atoms with van der Waals surface area (Å²) in [5.74, 6) is -0.103. The van der Waals surface area contributed by atoms with E-state index in [4.69, 9.17) is 0 Å². The number of nitrogens with zero attached hydrogens (tertiary/aromatic N) is 1. The molecule has 3 nitrogen and oxygen atoms in total. The second-order valence-corrected chi connectivity index (χ2v) is 5.38. The molecular formula is C21H18N2O. The van der Waals surface area contributed by atoms with Crippen LogP contribution in [-0.4, -0.2) is 10.9 Å². The first kappa shape index (κ1) is 15.7. The van der Waals surface area contributed by atoms with E-state index in [1.54, 1.807) is 12.4 Å². The molecule has 118 valence electrons. The number of hydrogen-bond acceptors (Lipinski definition) is 2. The van der Waals surface area contributed by atoms with Gasteiger partial charge in [-0.15, -0.1) is 0 Å². The molecule has 3 rings (SSSR count). The highest BCUT2D eigenvalue weighted by atomic mass is 16.1. The van der Waals surface area contributed by atoms with E-state index in [9.17, 15) is 4.79 Å². The van der Waals surface area contributed by atoms with Crippen LogP contribution in [0.4, 0.5) is 0 Å². The number of aromatic nitrogens is 1. The third kappa shape index (κ3) is 4.17. The lowest BCUT2D eigenvalue weighted by molar-refractivity contribution is -0.115. The molecule has 1 amide bonds. The van der Waals surface area contributed by atoms with Crippen molar-refractivity contribution in [3.05, 3.63) is 102 Å². The van der Waals surface area contributed by atoms with Gasteiger partial charge in [-0.05, 0) is 28.8 Å². The maximum Gasteiger partial charge on any atom is 0.252 e. The van der Waals surface area contributed by atoms with E-state index in [0.717, 1.165) is 16.7 Å². The average molecular weight is 314 g/mol. The molecule has 3 aromatic rings. The first-order valence-corrected chi connectivity index (χ1v) is 7.82. The molecule has 0 aliphatic rings. The third-order valence-corrected chi connectivity index (χ3v) is 3.62. The molecule has 0 radical (unpaired) electrons.